The molecule has 1 saturated heterocycles. The van der Waals surface area contributed by atoms with Gasteiger partial charge in [-0.25, -0.2) is 4.99 Å². The van der Waals surface area contributed by atoms with Crippen molar-refractivity contribution in [1.29, 1.82) is 0 Å². The summed E-state index contributed by atoms with van der Waals surface area (Å²) in [6, 6.07) is 3.78. The lowest BCUT2D eigenvalue weighted by molar-refractivity contribution is -0.0867. The molecule has 156 valence electrons. The van der Waals surface area contributed by atoms with Crippen LogP contribution in [0.5, 0.6) is 0 Å². The lowest BCUT2D eigenvalue weighted by atomic mass is 10.0. The number of aliphatic imine (C=N–C) groups is 1. The van der Waals surface area contributed by atoms with Gasteiger partial charge in [-0.15, -0.1) is 0 Å². The van der Waals surface area contributed by atoms with E-state index in [9.17, 15) is 13.2 Å². The number of aromatic amines is 1. The summed E-state index contributed by atoms with van der Waals surface area (Å²) in [5, 5.41) is 13.1. The van der Waals surface area contributed by atoms with Gasteiger partial charge in [-0.05, 0) is 41.4 Å². The van der Waals surface area contributed by atoms with E-state index in [1.807, 2.05) is 6.07 Å². The second-order valence-corrected chi connectivity index (χ2v) is 7.91. The third-order valence-corrected chi connectivity index (χ3v) is 6.04. The third kappa shape index (κ3) is 4.01. The Morgan fingerprint density at radius 1 is 1.28 bits per heavy atom. The smallest absolute Gasteiger partial charge is 0.387 e. The molecule has 4 rings (SSSR count). The Kier molecular flexibility index (Phi) is 5.58. The van der Waals surface area contributed by atoms with Crippen LogP contribution in [0.4, 0.5) is 18.9 Å². The largest absolute Gasteiger partial charge is 0.419 e. The molecular weight excluding hydrogens is 449 g/mol. The Morgan fingerprint density at radius 3 is 2.79 bits per heavy atom. The summed E-state index contributed by atoms with van der Waals surface area (Å²) >= 11 is 3.51. The number of nitrogens with zero attached hydrogens (tertiary/aromatic N) is 1. The van der Waals surface area contributed by atoms with Crippen LogP contribution in [0.1, 0.15) is 18.4 Å². The lowest BCUT2D eigenvalue weighted by Crippen LogP contribution is -2.52. The Balaban J connectivity index is 1.73. The average molecular weight is 471 g/mol. The number of anilines is 1. The summed E-state index contributed by atoms with van der Waals surface area (Å²) in [4.78, 5) is 7.50. The maximum Gasteiger partial charge on any atom is 0.419 e. The van der Waals surface area contributed by atoms with Crippen LogP contribution in [0.25, 0.3) is 10.9 Å². The zero-order valence-corrected chi connectivity index (χ0v) is 17.3. The Morgan fingerprint density at radius 2 is 2.10 bits per heavy atom. The maximum atomic E-state index is 13.7. The van der Waals surface area contributed by atoms with Crippen molar-refractivity contribution in [2.24, 2.45) is 4.99 Å². The number of allylic oxidation sites excluding steroid dienone is 1. The van der Waals surface area contributed by atoms with Gasteiger partial charge in [0.1, 0.15) is 0 Å². The van der Waals surface area contributed by atoms with Crippen LogP contribution < -0.4 is 21.3 Å². The van der Waals surface area contributed by atoms with Gasteiger partial charge in [0.15, 0.2) is 6.29 Å². The molecule has 10 heteroatoms. The highest BCUT2D eigenvalue weighted by atomic mass is 79.9. The Labute approximate surface area is 174 Å². The number of hydrogen-bond acceptors (Lipinski definition) is 5. The summed E-state index contributed by atoms with van der Waals surface area (Å²) in [6.45, 7) is 1.73. The molecule has 0 aliphatic carbocycles. The monoisotopic (exact) mass is 470 g/mol. The zero-order valence-electron chi connectivity index (χ0n) is 15.8. The minimum atomic E-state index is -4.52. The number of H-pyrrole nitrogens is 1. The Bertz CT molecular complexity index is 959. The molecule has 0 saturated carbocycles. The van der Waals surface area contributed by atoms with E-state index < -0.39 is 18.0 Å². The number of hydrogen-bond donors (Lipinski definition) is 5. The molecule has 2 aromatic rings. The van der Waals surface area contributed by atoms with Crippen LogP contribution in [0, 0.1) is 0 Å². The minimum Gasteiger partial charge on any atom is -0.387 e. The number of fused-ring (bicyclic) bond motifs is 1. The van der Waals surface area contributed by atoms with Crippen LogP contribution in [0.15, 0.2) is 39.6 Å². The molecule has 2 unspecified atom stereocenters. The topological polar surface area (TPSA) is 76.3 Å². The number of benzene rings is 1. The molecule has 5 N–H and O–H groups in total. The van der Waals surface area contributed by atoms with Crippen LogP contribution in [0.3, 0.4) is 0 Å². The first-order valence-electron chi connectivity index (χ1n) is 9.44. The predicted molar refractivity (Wildman–Crippen MR) is 112 cm³/mol. The van der Waals surface area contributed by atoms with Crippen LogP contribution in [-0.2, 0) is 0 Å². The zero-order chi connectivity index (χ0) is 20.6. The Hall–Kier alpha value is -2.04. The standard InChI is InChI=1S/C19H22BrF3N6/c1-24-14-5-4-11-12(8-26-17(11)15(14)20)16-13(19(21,22)23)9-27-18(29-16)28-10-3-2-6-25-7-10/h4-5,8-10,18,24-28H,2-3,6-7H2,1H3. The quantitative estimate of drug-likeness (QED) is 0.474. The normalized spacial score (nSPS) is 22.8. The van der Waals surface area contributed by atoms with Gasteiger partial charge in [0.2, 0.25) is 0 Å². The van der Waals surface area contributed by atoms with E-state index in [0.717, 1.165) is 47.8 Å². The molecule has 2 atom stereocenters. The van der Waals surface area contributed by atoms with Gasteiger partial charge in [0.05, 0.1) is 27.0 Å². The van der Waals surface area contributed by atoms with Gasteiger partial charge in [0, 0.05) is 43.0 Å². The van der Waals surface area contributed by atoms with Crippen molar-refractivity contribution in [3.63, 3.8) is 0 Å². The van der Waals surface area contributed by atoms with E-state index in [4.69, 9.17) is 0 Å². The fourth-order valence-corrected chi connectivity index (χ4v) is 4.41. The molecule has 0 radical (unpaired) electrons. The third-order valence-electron chi connectivity index (χ3n) is 5.21. The fraction of sp³-hybridized carbons (Fsp3) is 0.421. The van der Waals surface area contributed by atoms with Gasteiger partial charge in [-0.1, -0.05) is 6.07 Å². The van der Waals surface area contributed by atoms with Crippen LogP contribution >= 0.6 is 15.9 Å². The molecule has 0 bridgehead atoms. The molecule has 1 fully saturated rings. The number of nitrogens with one attached hydrogen (secondary N) is 5. The van der Waals surface area contributed by atoms with Gasteiger partial charge in [0.25, 0.3) is 0 Å². The fourth-order valence-electron chi connectivity index (χ4n) is 3.75. The molecule has 2 aliphatic heterocycles. The molecule has 1 aromatic heterocycles. The molecular formula is C19H22BrF3N6. The minimum absolute atomic E-state index is 0.0760. The molecule has 3 heterocycles. The lowest BCUT2D eigenvalue weighted by Gasteiger charge is -2.30. The van der Waals surface area contributed by atoms with Gasteiger partial charge in [-0.2, -0.15) is 13.2 Å². The first kappa shape index (κ1) is 20.2. The number of piperidine rings is 1. The van der Waals surface area contributed by atoms with Crippen molar-refractivity contribution in [2.75, 3.05) is 25.5 Å². The highest BCUT2D eigenvalue weighted by Gasteiger charge is 2.40. The summed E-state index contributed by atoms with van der Waals surface area (Å²) < 4.78 is 41.9. The van der Waals surface area contributed by atoms with E-state index in [1.165, 1.54) is 0 Å². The SMILES string of the molecule is CNc1ccc2c(C3=NC(NC4CCCNC4)NC=C3C(F)(F)F)c[nH]c2c1Br. The van der Waals surface area contributed by atoms with Crippen molar-refractivity contribution >= 4 is 38.2 Å². The highest BCUT2D eigenvalue weighted by Crippen LogP contribution is 2.36. The summed E-state index contributed by atoms with van der Waals surface area (Å²) in [7, 11) is 1.79. The van der Waals surface area contributed by atoms with Crippen molar-refractivity contribution < 1.29 is 13.2 Å². The number of halogens is 4. The first-order valence-corrected chi connectivity index (χ1v) is 10.2. The molecule has 29 heavy (non-hydrogen) atoms. The molecule has 0 spiro atoms. The molecule has 1 aromatic carbocycles. The van der Waals surface area contributed by atoms with E-state index in [0.29, 0.717) is 10.9 Å². The molecule has 6 nitrogen and oxygen atoms in total. The second-order valence-electron chi connectivity index (χ2n) is 7.11. The number of aromatic nitrogens is 1. The predicted octanol–water partition coefficient (Wildman–Crippen LogP) is 3.44. The van der Waals surface area contributed by atoms with Gasteiger partial charge in [-0.3, -0.25) is 5.32 Å². The van der Waals surface area contributed by atoms with Crippen molar-refractivity contribution in [1.82, 2.24) is 20.9 Å². The van der Waals surface area contributed by atoms with Crippen molar-refractivity contribution in [3.8, 4) is 0 Å². The summed E-state index contributed by atoms with van der Waals surface area (Å²) in [5.41, 5.74) is 1.12. The van der Waals surface area contributed by atoms with Crippen molar-refractivity contribution in [2.45, 2.75) is 31.3 Å². The van der Waals surface area contributed by atoms with E-state index in [2.05, 4.69) is 47.2 Å². The van der Waals surface area contributed by atoms with E-state index in [-0.39, 0.29) is 11.8 Å². The average Bonchev–Trinajstić information content (AvgIpc) is 3.13. The first-order chi connectivity index (χ1) is 13.9. The second kappa shape index (κ2) is 8.00. The number of alkyl halides is 3. The van der Waals surface area contributed by atoms with E-state index >= 15 is 0 Å². The van der Waals surface area contributed by atoms with E-state index in [1.54, 1.807) is 19.3 Å². The van der Waals surface area contributed by atoms with Crippen LogP contribution in [0.2, 0.25) is 0 Å². The highest BCUT2D eigenvalue weighted by molar-refractivity contribution is 9.10. The van der Waals surface area contributed by atoms with Gasteiger partial charge >= 0.3 is 6.18 Å². The van der Waals surface area contributed by atoms with Crippen LogP contribution in [-0.4, -0.2) is 49.3 Å². The maximum absolute atomic E-state index is 13.7. The molecule has 0 amide bonds. The summed E-state index contributed by atoms with van der Waals surface area (Å²) in [5.74, 6) is 0. The van der Waals surface area contributed by atoms with Gasteiger partial charge < -0.3 is 20.9 Å². The number of rotatable bonds is 4. The summed E-state index contributed by atoms with van der Waals surface area (Å²) in [6.07, 6.45) is -0.558. The van der Waals surface area contributed by atoms with Crippen molar-refractivity contribution in [3.05, 3.63) is 40.1 Å². The molecule has 2 aliphatic rings.